The number of benzene rings is 1. The van der Waals surface area contributed by atoms with E-state index >= 15 is 0 Å². The molecule has 11 heteroatoms. The maximum atomic E-state index is 13.2. The zero-order valence-electron chi connectivity index (χ0n) is 15.9. The number of sulfonamides is 1. The summed E-state index contributed by atoms with van der Waals surface area (Å²) < 4.78 is 42.4. The fraction of sp³-hybridized carbons (Fsp3) is 0.278. The number of furan rings is 1. The van der Waals surface area contributed by atoms with Gasteiger partial charge in [-0.15, -0.1) is 6.58 Å². The van der Waals surface area contributed by atoms with Gasteiger partial charge in [-0.2, -0.15) is 0 Å². The predicted molar refractivity (Wildman–Crippen MR) is 104 cm³/mol. The van der Waals surface area contributed by atoms with Crippen molar-refractivity contribution in [2.24, 2.45) is 0 Å². The van der Waals surface area contributed by atoms with Gasteiger partial charge >= 0.3 is 11.9 Å². The smallest absolute Gasteiger partial charge is 0.345 e. The number of anilines is 1. The van der Waals surface area contributed by atoms with Crippen molar-refractivity contribution in [3.63, 3.8) is 0 Å². The summed E-state index contributed by atoms with van der Waals surface area (Å²) in [6.45, 7) is 3.62. The molecule has 0 spiro atoms. The Labute approximate surface area is 167 Å². The lowest BCUT2D eigenvalue weighted by Crippen LogP contribution is -2.31. The van der Waals surface area contributed by atoms with Gasteiger partial charge in [0.1, 0.15) is 5.56 Å². The zero-order chi connectivity index (χ0) is 21.6. The van der Waals surface area contributed by atoms with E-state index in [-0.39, 0.29) is 34.5 Å². The number of ether oxygens (including phenoxy) is 2. The molecule has 2 rings (SSSR count). The summed E-state index contributed by atoms with van der Waals surface area (Å²) in [5, 5.41) is 10.8. The van der Waals surface area contributed by atoms with Crippen LogP contribution >= 0.6 is 0 Å². The molecule has 1 heterocycles. The molecule has 0 amide bonds. The van der Waals surface area contributed by atoms with E-state index in [4.69, 9.17) is 9.15 Å². The Bertz CT molecular complexity index is 995. The number of methoxy groups -OCH3 is 2. The van der Waals surface area contributed by atoms with Crippen molar-refractivity contribution in [3.05, 3.63) is 58.7 Å². The topological polar surface area (TPSA) is 129 Å². The lowest BCUT2D eigenvalue weighted by molar-refractivity contribution is -0.384. The molecule has 156 valence electrons. The third-order valence-electron chi connectivity index (χ3n) is 3.93. The first-order chi connectivity index (χ1) is 13.8. The number of nitro groups is 1. The lowest BCUT2D eigenvalue weighted by Gasteiger charge is -2.21. The van der Waals surface area contributed by atoms with Gasteiger partial charge in [-0.3, -0.25) is 10.1 Å². The minimum absolute atomic E-state index is 0.0165. The van der Waals surface area contributed by atoms with Gasteiger partial charge in [-0.05, 0) is 25.0 Å². The average molecular weight is 424 g/mol. The molecule has 1 aromatic carbocycles. The van der Waals surface area contributed by atoms with Gasteiger partial charge in [0.2, 0.25) is 5.88 Å². The Balaban J connectivity index is 2.51. The molecule has 0 radical (unpaired) electrons. The van der Waals surface area contributed by atoms with Gasteiger partial charge in [0.25, 0.3) is 15.7 Å². The first kappa shape index (κ1) is 22.0. The molecule has 0 aliphatic heterocycles. The van der Waals surface area contributed by atoms with Crippen LogP contribution in [0.15, 0.2) is 52.3 Å². The molecular formula is C18H20N2O8S. The van der Waals surface area contributed by atoms with Crippen LogP contribution in [-0.2, 0) is 14.8 Å². The Morgan fingerprint density at radius 2 is 1.97 bits per heavy atom. The molecule has 0 atom stereocenters. The number of hydrogen-bond donors (Lipinski definition) is 0. The van der Waals surface area contributed by atoms with E-state index in [1.165, 1.54) is 20.3 Å². The van der Waals surface area contributed by atoms with Crippen LogP contribution in [0.5, 0.6) is 5.95 Å². The van der Waals surface area contributed by atoms with E-state index in [0.29, 0.717) is 12.8 Å². The average Bonchev–Trinajstić information content (AvgIpc) is 3.14. The Kier molecular flexibility index (Phi) is 6.99. The summed E-state index contributed by atoms with van der Waals surface area (Å²) in [6, 6.07) is 5.67. The predicted octanol–water partition coefficient (Wildman–Crippen LogP) is 3.14. The van der Waals surface area contributed by atoms with Crippen LogP contribution in [0.1, 0.15) is 23.2 Å². The van der Waals surface area contributed by atoms with Gasteiger partial charge in [-0.1, -0.05) is 6.08 Å². The minimum atomic E-state index is -4.15. The maximum absolute atomic E-state index is 13.2. The van der Waals surface area contributed by atoms with Crippen molar-refractivity contribution < 1.29 is 32.0 Å². The van der Waals surface area contributed by atoms with E-state index in [1.807, 2.05) is 0 Å². The molecule has 0 bridgehead atoms. The van der Waals surface area contributed by atoms with E-state index in [2.05, 4.69) is 11.3 Å². The number of rotatable bonds is 10. The first-order valence-corrected chi connectivity index (χ1v) is 9.84. The second-order valence-electron chi connectivity index (χ2n) is 5.74. The molecule has 29 heavy (non-hydrogen) atoms. The Morgan fingerprint density at radius 1 is 1.31 bits per heavy atom. The van der Waals surface area contributed by atoms with Crippen LogP contribution in [0.25, 0.3) is 0 Å². The molecule has 10 nitrogen and oxygen atoms in total. The normalized spacial score (nSPS) is 11.0. The van der Waals surface area contributed by atoms with Gasteiger partial charge in [0.15, 0.2) is 0 Å². The highest BCUT2D eigenvalue weighted by Gasteiger charge is 2.31. The van der Waals surface area contributed by atoms with Gasteiger partial charge in [-0.25, -0.2) is 17.5 Å². The lowest BCUT2D eigenvalue weighted by atomic mass is 10.3. The highest BCUT2D eigenvalue weighted by atomic mass is 32.2. The highest BCUT2D eigenvalue weighted by Crippen LogP contribution is 2.33. The number of nitrogens with zero attached hydrogens (tertiary/aromatic N) is 2. The van der Waals surface area contributed by atoms with Crippen molar-refractivity contribution >= 4 is 27.6 Å². The van der Waals surface area contributed by atoms with Crippen LogP contribution in [-0.4, -0.2) is 40.1 Å². The van der Waals surface area contributed by atoms with Crippen LogP contribution in [0.3, 0.4) is 0 Å². The molecule has 0 fully saturated rings. The van der Waals surface area contributed by atoms with Crippen molar-refractivity contribution in [3.8, 4) is 5.95 Å². The van der Waals surface area contributed by atoms with Crippen molar-refractivity contribution in [2.75, 3.05) is 25.1 Å². The van der Waals surface area contributed by atoms with Crippen LogP contribution in [0.2, 0.25) is 0 Å². The standard InChI is InChI=1S/C18H20N2O8S/c1-4-5-6-11-19(16-12-15(17(21)26-2)18(27-3)28-16)29(24,25)14-9-7-13(8-10-14)20(22)23/h4,7-10,12H,1,5-6,11H2,2-3H3. The Morgan fingerprint density at radius 3 is 2.48 bits per heavy atom. The van der Waals surface area contributed by atoms with E-state index in [0.717, 1.165) is 28.6 Å². The number of esters is 1. The molecule has 2 aromatic rings. The molecule has 0 N–H and O–H groups in total. The number of nitro benzene ring substituents is 1. The molecule has 0 saturated carbocycles. The summed E-state index contributed by atoms with van der Waals surface area (Å²) in [4.78, 5) is 21.9. The number of unbranched alkanes of at least 4 members (excludes halogenated alkanes) is 1. The largest absolute Gasteiger partial charge is 0.468 e. The summed E-state index contributed by atoms with van der Waals surface area (Å²) in [6.07, 6.45) is 2.60. The summed E-state index contributed by atoms with van der Waals surface area (Å²) in [7, 11) is -1.71. The van der Waals surface area contributed by atoms with Crippen LogP contribution in [0, 0.1) is 10.1 Å². The fourth-order valence-electron chi connectivity index (χ4n) is 2.48. The summed E-state index contributed by atoms with van der Waals surface area (Å²) in [5.74, 6) is -1.10. The summed E-state index contributed by atoms with van der Waals surface area (Å²) in [5.41, 5.74) is -0.313. The Hall–Kier alpha value is -3.34. The quantitative estimate of drug-likeness (QED) is 0.187. The SMILES string of the molecule is C=CCCCN(c1cc(C(=O)OC)c(OC)o1)S(=O)(=O)c1ccc([N+](=O)[O-])cc1. The van der Waals surface area contributed by atoms with E-state index in [9.17, 15) is 23.3 Å². The van der Waals surface area contributed by atoms with Crippen molar-refractivity contribution in [2.45, 2.75) is 17.7 Å². The van der Waals surface area contributed by atoms with Crippen LogP contribution < -0.4 is 9.04 Å². The maximum Gasteiger partial charge on any atom is 0.345 e. The third-order valence-corrected chi connectivity index (χ3v) is 5.74. The molecule has 0 saturated heterocycles. The molecular weight excluding hydrogens is 404 g/mol. The van der Waals surface area contributed by atoms with Gasteiger partial charge < -0.3 is 13.9 Å². The second-order valence-corrected chi connectivity index (χ2v) is 7.60. The minimum Gasteiger partial charge on any atom is -0.468 e. The fourth-order valence-corrected chi connectivity index (χ4v) is 3.91. The molecule has 1 aromatic heterocycles. The second kappa shape index (κ2) is 9.24. The van der Waals surface area contributed by atoms with Crippen molar-refractivity contribution in [1.82, 2.24) is 0 Å². The van der Waals surface area contributed by atoms with Gasteiger partial charge in [0, 0.05) is 24.7 Å². The molecule has 0 aliphatic carbocycles. The number of carbonyl (C=O) groups excluding carboxylic acids is 1. The molecule has 0 unspecified atom stereocenters. The van der Waals surface area contributed by atoms with Gasteiger partial charge in [0.05, 0.1) is 24.0 Å². The zero-order valence-corrected chi connectivity index (χ0v) is 16.7. The monoisotopic (exact) mass is 424 g/mol. The number of hydrogen-bond acceptors (Lipinski definition) is 8. The summed E-state index contributed by atoms with van der Waals surface area (Å²) >= 11 is 0. The van der Waals surface area contributed by atoms with Crippen molar-refractivity contribution in [1.29, 1.82) is 0 Å². The third kappa shape index (κ3) is 4.74. The first-order valence-electron chi connectivity index (χ1n) is 8.40. The number of non-ortho nitro benzene ring substituents is 1. The van der Waals surface area contributed by atoms with Crippen LogP contribution in [0.4, 0.5) is 11.6 Å². The number of allylic oxidation sites excluding steroid dienone is 1. The highest BCUT2D eigenvalue weighted by molar-refractivity contribution is 7.92. The van der Waals surface area contributed by atoms with E-state index in [1.54, 1.807) is 6.08 Å². The van der Waals surface area contributed by atoms with E-state index < -0.39 is 20.9 Å². The molecule has 0 aliphatic rings. The number of carbonyl (C=O) groups is 1.